The predicted octanol–water partition coefficient (Wildman–Crippen LogP) is 1.55. The van der Waals surface area contributed by atoms with Crippen molar-refractivity contribution >= 4 is 5.97 Å². The van der Waals surface area contributed by atoms with Gasteiger partial charge in [0.15, 0.2) is 0 Å². The quantitative estimate of drug-likeness (QED) is 0.725. The molecule has 0 unspecified atom stereocenters. The van der Waals surface area contributed by atoms with Crippen molar-refractivity contribution in [1.29, 1.82) is 0 Å². The van der Waals surface area contributed by atoms with Crippen molar-refractivity contribution in [3.8, 4) is 5.75 Å². The average molecular weight is 237 g/mol. The molecule has 0 heterocycles. The van der Waals surface area contributed by atoms with E-state index in [0.29, 0.717) is 5.92 Å². The number of rotatable bonds is 5. The molecule has 0 aromatic heterocycles. The lowest BCUT2D eigenvalue weighted by Gasteiger charge is -2.11. The van der Waals surface area contributed by atoms with Crippen molar-refractivity contribution in [3.63, 3.8) is 0 Å². The molecular formula is C13H19NO3. The normalized spacial score (nSPS) is 12.7. The van der Waals surface area contributed by atoms with Gasteiger partial charge in [0.05, 0.1) is 0 Å². The van der Waals surface area contributed by atoms with Gasteiger partial charge >= 0.3 is 5.97 Å². The van der Waals surface area contributed by atoms with E-state index >= 15 is 0 Å². The van der Waals surface area contributed by atoms with Gasteiger partial charge in [-0.1, -0.05) is 26.0 Å². The van der Waals surface area contributed by atoms with Crippen LogP contribution in [-0.4, -0.2) is 22.2 Å². The Hall–Kier alpha value is -1.55. The van der Waals surface area contributed by atoms with Gasteiger partial charge in [-0.2, -0.15) is 0 Å². The molecule has 1 atom stereocenters. The molecule has 4 N–H and O–H groups in total. The monoisotopic (exact) mass is 237 g/mol. The zero-order valence-corrected chi connectivity index (χ0v) is 10.2. The molecule has 0 spiro atoms. The third-order valence-electron chi connectivity index (χ3n) is 2.54. The molecule has 0 saturated heterocycles. The molecule has 0 aliphatic rings. The van der Waals surface area contributed by atoms with Crippen LogP contribution in [0, 0.1) is 5.92 Å². The molecule has 1 aromatic rings. The zero-order valence-electron chi connectivity index (χ0n) is 10.2. The SMILES string of the molecule is CC(C)Cc1cc(C[C@H](N)C(=O)O)ccc1O. The first-order valence-electron chi connectivity index (χ1n) is 5.69. The summed E-state index contributed by atoms with van der Waals surface area (Å²) >= 11 is 0. The maximum Gasteiger partial charge on any atom is 0.320 e. The van der Waals surface area contributed by atoms with E-state index in [9.17, 15) is 9.90 Å². The largest absolute Gasteiger partial charge is 0.508 e. The van der Waals surface area contributed by atoms with Crippen molar-refractivity contribution < 1.29 is 15.0 Å². The van der Waals surface area contributed by atoms with E-state index in [1.807, 2.05) is 6.07 Å². The second-order valence-corrected chi connectivity index (χ2v) is 4.71. The summed E-state index contributed by atoms with van der Waals surface area (Å²) in [4.78, 5) is 10.7. The second kappa shape index (κ2) is 5.68. The molecule has 0 saturated carbocycles. The number of phenolic OH excluding ortho intramolecular Hbond substituents is 1. The van der Waals surface area contributed by atoms with E-state index < -0.39 is 12.0 Å². The van der Waals surface area contributed by atoms with Gasteiger partial charge in [0.2, 0.25) is 0 Å². The van der Waals surface area contributed by atoms with Crippen LogP contribution in [-0.2, 0) is 17.6 Å². The van der Waals surface area contributed by atoms with Crippen molar-refractivity contribution in [2.24, 2.45) is 11.7 Å². The fraction of sp³-hybridized carbons (Fsp3) is 0.462. The Morgan fingerprint density at radius 2 is 2.00 bits per heavy atom. The molecule has 4 nitrogen and oxygen atoms in total. The molecular weight excluding hydrogens is 218 g/mol. The number of hydrogen-bond acceptors (Lipinski definition) is 3. The number of phenols is 1. The minimum Gasteiger partial charge on any atom is -0.508 e. The van der Waals surface area contributed by atoms with E-state index in [4.69, 9.17) is 10.8 Å². The highest BCUT2D eigenvalue weighted by molar-refractivity contribution is 5.73. The minimum absolute atomic E-state index is 0.256. The van der Waals surface area contributed by atoms with Crippen LogP contribution in [0.1, 0.15) is 25.0 Å². The van der Waals surface area contributed by atoms with Gasteiger partial charge in [-0.25, -0.2) is 0 Å². The van der Waals surface area contributed by atoms with Crippen LogP contribution in [0.4, 0.5) is 0 Å². The fourth-order valence-electron chi connectivity index (χ4n) is 1.71. The van der Waals surface area contributed by atoms with Crippen LogP contribution < -0.4 is 5.73 Å². The lowest BCUT2D eigenvalue weighted by Crippen LogP contribution is -2.32. The Bertz CT molecular complexity index is 402. The second-order valence-electron chi connectivity index (χ2n) is 4.71. The summed E-state index contributed by atoms with van der Waals surface area (Å²) in [5.41, 5.74) is 7.16. The van der Waals surface area contributed by atoms with Gasteiger partial charge in [-0.05, 0) is 36.0 Å². The number of carbonyl (C=O) groups is 1. The number of hydrogen-bond donors (Lipinski definition) is 3. The van der Waals surface area contributed by atoms with Crippen molar-refractivity contribution in [2.45, 2.75) is 32.7 Å². The lowest BCUT2D eigenvalue weighted by molar-refractivity contribution is -0.138. The summed E-state index contributed by atoms with van der Waals surface area (Å²) in [7, 11) is 0. The molecule has 0 amide bonds. The molecule has 0 aliphatic heterocycles. The molecule has 0 aliphatic carbocycles. The number of aromatic hydroxyl groups is 1. The van der Waals surface area contributed by atoms with E-state index in [1.165, 1.54) is 0 Å². The van der Waals surface area contributed by atoms with Gasteiger partial charge in [-0.3, -0.25) is 4.79 Å². The summed E-state index contributed by atoms with van der Waals surface area (Å²) in [6.45, 7) is 4.13. The Kier molecular flexibility index (Phi) is 4.52. The van der Waals surface area contributed by atoms with Gasteiger partial charge in [-0.15, -0.1) is 0 Å². The highest BCUT2D eigenvalue weighted by atomic mass is 16.4. The number of carboxylic acid groups (broad SMARTS) is 1. The lowest BCUT2D eigenvalue weighted by atomic mass is 9.97. The predicted molar refractivity (Wildman–Crippen MR) is 66.0 cm³/mol. The Morgan fingerprint density at radius 3 is 2.53 bits per heavy atom. The van der Waals surface area contributed by atoms with E-state index in [0.717, 1.165) is 17.5 Å². The summed E-state index contributed by atoms with van der Waals surface area (Å²) in [5, 5.41) is 18.4. The number of carboxylic acids is 1. The topological polar surface area (TPSA) is 83.6 Å². The molecule has 0 radical (unpaired) electrons. The molecule has 17 heavy (non-hydrogen) atoms. The third kappa shape index (κ3) is 4.07. The van der Waals surface area contributed by atoms with Crippen LogP contribution in [0.25, 0.3) is 0 Å². The number of nitrogens with two attached hydrogens (primary N) is 1. The highest BCUT2D eigenvalue weighted by Crippen LogP contribution is 2.22. The third-order valence-corrected chi connectivity index (χ3v) is 2.54. The summed E-state index contributed by atoms with van der Waals surface area (Å²) in [6.07, 6.45) is 1.04. The van der Waals surface area contributed by atoms with E-state index in [2.05, 4.69) is 13.8 Å². The molecule has 4 heteroatoms. The highest BCUT2D eigenvalue weighted by Gasteiger charge is 2.13. The van der Waals surface area contributed by atoms with Crippen LogP contribution in [0.3, 0.4) is 0 Å². The molecule has 0 bridgehead atoms. The fourth-order valence-corrected chi connectivity index (χ4v) is 1.71. The average Bonchev–Trinajstić information content (AvgIpc) is 2.22. The van der Waals surface area contributed by atoms with Gasteiger partial charge in [0.1, 0.15) is 11.8 Å². The van der Waals surface area contributed by atoms with E-state index in [1.54, 1.807) is 12.1 Å². The maximum absolute atomic E-state index is 10.7. The van der Waals surface area contributed by atoms with Crippen LogP contribution in [0.5, 0.6) is 5.75 Å². The smallest absolute Gasteiger partial charge is 0.320 e. The molecule has 94 valence electrons. The van der Waals surface area contributed by atoms with Crippen molar-refractivity contribution in [2.75, 3.05) is 0 Å². The van der Waals surface area contributed by atoms with Gasteiger partial charge in [0.25, 0.3) is 0 Å². The summed E-state index contributed by atoms with van der Waals surface area (Å²) < 4.78 is 0. The van der Waals surface area contributed by atoms with Crippen molar-refractivity contribution in [1.82, 2.24) is 0 Å². The maximum atomic E-state index is 10.7. The van der Waals surface area contributed by atoms with Crippen LogP contribution in [0.15, 0.2) is 18.2 Å². The van der Waals surface area contributed by atoms with Gasteiger partial charge in [0, 0.05) is 0 Å². The Balaban J connectivity index is 2.84. The first-order chi connectivity index (χ1) is 7.90. The number of aliphatic carboxylic acids is 1. The zero-order chi connectivity index (χ0) is 13.0. The van der Waals surface area contributed by atoms with Crippen LogP contribution >= 0.6 is 0 Å². The van der Waals surface area contributed by atoms with Crippen LogP contribution in [0.2, 0.25) is 0 Å². The van der Waals surface area contributed by atoms with Gasteiger partial charge < -0.3 is 15.9 Å². The minimum atomic E-state index is -1.01. The molecule has 0 fully saturated rings. The van der Waals surface area contributed by atoms with Crippen molar-refractivity contribution in [3.05, 3.63) is 29.3 Å². The standard InChI is InChI=1S/C13H19NO3/c1-8(2)5-10-6-9(3-4-12(10)15)7-11(14)13(16)17/h3-4,6,8,11,15H,5,7,14H2,1-2H3,(H,16,17)/t11-/m0/s1. The summed E-state index contributed by atoms with van der Waals surface area (Å²) in [6, 6.07) is 4.24. The molecule has 1 rings (SSSR count). The molecule has 1 aromatic carbocycles. The summed E-state index contributed by atoms with van der Waals surface area (Å²) in [5.74, 6) is -0.320. The van der Waals surface area contributed by atoms with E-state index in [-0.39, 0.29) is 12.2 Å². The first kappa shape index (κ1) is 13.5. The first-order valence-corrected chi connectivity index (χ1v) is 5.69. The Labute approximate surface area is 101 Å². The Morgan fingerprint density at radius 1 is 1.35 bits per heavy atom. The number of benzene rings is 1.